The van der Waals surface area contributed by atoms with Crippen LogP contribution in [0, 0.1) is 5.82 Å². The maximum absolute atomic E-state index is 13.0. The Morgan fingerprint density at radius 1 is 1.71 bits per heavy atom. The van der Waals surface area contributed by atoms with E-state index in [0.717, 1.165) is 12.3 Å². The molecule has 0 aromatic carbocycles. The SMILES string of the molecule is CCOC(=O)Cc1ncc(O)cc1F. The maximum Gasteiger partial charge on any atom is 0.311 e. The van der Waals surface area contributed by atoms with Crippen LogP contribution in [0.25, 0.3) is 0 Å². The number of rotatable bonds is 3. The van der Waals surface area contributed by atoms with Crippen molar-refractivity contribution in [1.82, 2.24) is 4.98 Å². The molecule has 1 rings (SSSR count). The van der Waals surface area contributed by atoms with Gasteiger partial charge in [0, 0.05) is 6.07 Å². The van der Waals surface area contributed by atoms with Crippen LogP contribution in [-0.4, -0.2) is 22.7 Å². The third-order valence-corrected chi connectivity index (χ3v) is 1.52. The van der Waals surface area contributed by atoms with Gasteiger partial charge in [0.15, 0.2) is 0 Å². The van der Waals surface area contributed by atoms with Gasteiger partial charge in [0.2, 0.25) is 0 Å². The second-order valence-corrected chi connectivity index (χ2v) is 2.60. The molecule has 0 atom stereocenters. The molecule has 0 saturated carbocycles. The van der Waals surface area contributed by atoms with Gasteiger partial charge in [-0.05, 0) is 6.92 Å². The molecular weight excluding hydrogens is 189 g/mol. The number of carbonyl (C=O) groups excluding carboxylic acids is 1. The third kappa shape index (κ3) is 2.69. The maximum atomic E-state index is 13.0. The molecule has 14 heavy (non-hydrogen) atoms. The second kappa shape index (κ2) is 4.55. The number of halogens is 1. The summed E-state index contributed by atoms with van der Waals surface area (Å²) in [6.45, 7) is 1.91. The summed E-state index contributed by atoms with van der Waals surface area (Å²) in [6.07, 6.45) is 0.859. The minimum absolute atomic E-state index is 0.0266. The number of pyridine rings is 1. The Kier molecular flexibility index (Phi) is 3.39. The number of nitrogens with zero attached hydrogens (tertiary/aromatic N) is 1. The van der Waals surface area contributed by atoms with Crippen LogP contribution >= 0.6 is 0 Å². The molecule has 0 spiro atoms. The van der Waals surface area contributed by atoms with E-state index in [4.69, 9.17) is 5.11 Å². The average Bonchev–Trinajstić information content (AvgIpc) is 2.10. The number of hydrogen-bond donors (Lipinski definition) is 1. The van der Waals surface area contributed by atoms with Gasteiger partial charge in [-0.1, -0.05) is 0 Å². The minimum Gasteiger partial charge on any atom is -0.506 e. The van der Waals surface area contributed by atoms with Crippen molar-refractivity contribution in [1.29, 1.82) is 0 Å². The third-order valence-electron chi connectivity index (χ3n) is 1.52. The molecule has 1 aromatic heterocycles. The zero-order chi connectivity index (χ0) is 10.6. The van der Waals surface area contributed by atoms with E-state index in [0.29, 0.717) is 0 Å². The molecule has 0 aliphatic heterocycles. The van der Waals surface area contributed by atoms with Gasteiger partial charge < -0.3 is 9.84 Å². The molecule has 0 fully saturated rings. The standard InChI is InChI=1S/C9H10FNO3/c1-2-14-9(13)4-8-7(10)3-6(12)5-11-8/h3,5,12H,2,4H2,1H3. The lowest BCUT2D eigenvalue weighted by Crippen LogP contribution is -2.10. The van der Waals surface area contributed by atoms with E-state index < -0.39 is 11.8 Å². The van der Waals surface area contributed by atoms with E-state index in [1.54, 1.807) is 6.92 Å². The Bertz CT molecular complexity index is 341. The van der Waals surface area contributed by atoms with Crippen molar-refractivity contribution in [2.75, 3.05) is 6.61 Å². The predicted octanol–water partition coefficient (Wildman–Crippen LogP) is 1.03. The van der Waals surface area contributed by atoms with Gasteiger partial charge in [0.1, 0.15) is 11.6 Å². The fraction of sp³-hybridized carbons (Fsp3) is 0.333. The molecule has 1 aromatic rings. The first-order valence-corrected chi connectivity index (χ1v) is 4.12. The van der Waals surface area contributed by atoms with Crippen molar-refractivity contribution in [3.8, 4) is 5.75 Å². The van der Waals surface area contributed by atoms with Gasteiger partial charge in [-0.2, -0.15) is 0 Å². The number of esters is 1. The van der Waals surface area contributed by atoms with Crippen molar-refractivity contribution in [3.05, 3.63) is 23.8 Å². The van der Waals surface area contributed by atoms with Crippen molar-refractivity contribution < 1.29 is 19.0 Å². The molecule has 0 radical (unpaired) electrons. The fourth-order valence-electron chi connectivity index (χ4n) is 0.935. The van der Waals surface area contributed by atoms with Crippen LogP contribution in [0.5, 0.6) is 5.75 Å². The highest BCUT2D eigenvalue weighted by Crippen LogP contribution is 2.12. The van der Waals surface area contributed by atoms with E-state index in [2.05, 4.69) is 9.72 Å². The largest absolute Gasteiger partial charge is 0.506 e. The molecule has 76 valence electrons. The average molecular weight is 199 g/mol. The Balaban J connectivity index is 2.72. The summed E-state index contributed by atoms with van der Waals surface area (Å²) < 4.78 is 17.6. The van der Waals surface area contributed by atoms with Gasteiger partial charge >= 0.3 is 5.97 Å². The smallest absolute Gasteiger partial charge is 0.311 e. The zero-order valence-electron chi connectivity index (χ0n) is 7.66. The summed E-state index contributed by atoms with van der Waals surface area (Å²) in [6, 6.07) is 0.904. The molecule has 0 aliphatic rings. The first kappa shape index (κ1) is 10.4. The number of ether oxygens (including phenoxy) is 1. The molecule has 0 aliphatic carbocycles. The van der Waals surface area contributed by atoms with Crippen LogP contribution in [0.2, 0.25) is 0 Å². The zero-order valence-corrected chi connectivity index (χ0v) is 7.66. The van der Waals surface area contributed by atoms with Crippen molar-refractivity contribution in [2.24, 2.45) is 0 Å². The number of aromatic hydroxyl groups is 1. The summed E-state index contributed by atoms with van der Waals surface area (Å²) in [5.41, 5.74) is -0.0266. The molecule has 1 heterocycles. The first-order chi connectivity index (χ1) is 6.63. The summed E-state index contributed by atoms with van der Waals surface area (Å²) >= 11 is 0. The van der Waals surface area contributed by atoms with E-state index >= 15 is 0 Å². The molecule has 4 nitrogen and oxygen atoms in total. The Morgan fingerprint density at radius 3 is 3.00 bits per heavy atom. The van der Waals surface area contributed by atoms with E-state index in [9.17, 15) is 9.18 Å². The van der Waals surface area contributed by atoms with Crippen molar-refractivity contribution in [3.63, 3.8) is 0 Å². The molecule has 0 unspecified atom stereocenters. The number of hydrogen-bond acceptors (Lipinski definition) is 4. The minimum atomic E-state index is -0.710. The van der Waals surface area contributed by atoms with Crippen LogP contribution in [0.15, 0.2) is 12.3 Å². The summed E-state index contributed by atoms with van der Waals surface area (Å²) in [5, 5.41) is 8.86. The number of aromatic nitrogens is 1. The Morgan fingerprint density at radius 2 is 2.43 bits per heavy atom. The monoisotopic (exact) mass is 199 g/mol. The predicted molar refractivity (Wildman–Crippen MR) is 46.2 cm³/mol. The van der Waals surface area contributed by atoms with Gasteiger partial charge in [-0.3, -0.25) is 9.78 Å². The summed E-state index contributed by atoms with van der Waals surface area (Å²) in [5.74, 6) is -1.52. The number of carbonyl (C=O) groups is 1. The summed E-state index contributed by atoms with van der Waals surface area (Å²) in [7, 11) is 0. The molecule has 0 amide bonds. The lowest BCUT2D eigenvalue weighted by molar-refractivity contribution is -0.142. The van der Waals surface area contributed by atoms with E-state index in [1.165, 1.54) is 0 Å². The lowest BCUT2D eigenvalue weighted by atomic mass is 10.2. The van der Waals surface area contributed by atoms with Crippen molar-refractivity contribution in [2.45, 2.75) is 13.3 Å². The summed E-state index contributed by atoms with van der Waals surface area (Å²) in [4.78, 5) is 14.5. The fourth-order valence-corrected chi connectivity index (χ4v) is 0.935. The van der Waals surface area contributed by atoms with Crippen LogP contribution in [0.1, 0.15) is 12.6 Å². The van der Waals surface area contributed by atoms with E-state index in [1.807, 2.05) is 0 Å². The molecule has 1 N–H and O–H groups in total. The molecule has 0 bridgehead atoms. The second-order valence-electron chi connectivity index (χ2n) is 2.60. The van der Waals surface area contributed by atoms with Crippen LogP contribution < -0.4 is 0 Å². The lowest BCUT2D eigenvalue weighted by Gasteiger charge is -2.02. The van der Waals surface area contributed by atoms with Gasteiger partial charge in [0.05, 0.1) is 24.9 Å². The molecule has 0 saturated heterocycles. The first-order valence-electron chi connectivity index (χ1n) is 4.12. The van der Waals surface area contributed by atoms with Crippen LogP contribution in [0.4, 0.5) is 4.39 Å². The topological polar surface area (TPSA) is 59.4 Å². The molecular formula is C9H10FNO3. The normalized spacial score (nSPS) is 9.86. The quantitative estimate of drug-likeness (QED) is 0.738. The molecule has 5 heteroatoms. The highest BCUT2D eigenvalue weighted by atomic mass is 19.1. The Hall–Kier alpha value is -1.65. The van der Waals surface area contributed by atoms with Crippen LogP contribution in [-0.2, 0) is 16.0 Å². The Labute approximate surface area is 80.3 Å². The van der Waals surface area contributed by atoms with Gasteiger partial charge in [-0.25, -0.2) is 4.39 Å². The van der Waals surface area contributed by atoms with Crippen LogP contribution in [0.3, 0.4) is 0 Å². The van der Waals surface area contributed by atoms with Gasteiger partial charge in [0.25, 0.3) is 0 Å². The van der Waals surface area contributed by atoms with Crippen molar-refractivity contribution >= 4 is 5.97 Å². The van der Waals surface area contributed by atoms with E-state index in [-0.39, 0.29) is 24.5 Å². The highest BCUT2D eigenvalue weighted by molar-refractivity contribution is 5.72. The highest BCUT2D eigenvalue weighted by Gasteiger charge is 2.10. The van der Waals surface area contributed by atoms with Gasteiger partial charge in [-0.15, -0.1) is 0 Å².